The first-order valence-electron chi connectivity index (χ1n) is 6.87. The lowest BCUT2D eigenvalue weighted by atomic mass is 9.90. The number of fused-ring (bicyclic) bond motifs is 1. The number of carbonyl (C=O) groups excluding carboxylic acids is 1. The van der Waals surface area contributed by atoms with Crippen LogP contribution in [0.4, 0.5) is 5.69 Å². The summed E-state index contributed by atoms with van der Waals surface area (Å²) in [6, 6.07) is 6.16. The van der Waals surface area contributed by atoms with Gasteiger partial charge in [-0.2, -0.15) is 0 Å². The molecule has 1 aromatic carbocycles. The number of hydrogen-bond donors (Lipinski definition) is 2. The quantitative estimate of drug-likeness (QED) is 0.858. The van der Waals surface area contributed by atoms with Crippen LogP contribution in [-0.2, 0) is 17.6 Å². The molecule has 0 saturated heterocycles. The predicted octanol–water partition coefficient (Wildman–Crippen LogP) is 2.63. The molecule has 18 heavy (non-hydrogen) atoms. The molecule has 1 atom stereocenters. The summed E-state index contributed by atoms with van der Waals surface area (Å²) in [5, 5.41) is 3.02. The van der Waals surface area contributed by atoms with Crippen LogP contribution in [-0.4, -0.2) is 11.9 Å². The molecular formula is C15H22N2O. The van der Waals surface area contributed by atoms with Crippen molar-refractivity contribution in [3.63, 3.8) is 0 Å². The number of nitrogens with one attached hydrogen (secondary N) is 1. The minimum Gasteiger partial charge on any atom is -0.327 e. The number of benzene rings is 1. The first kappa shape index (κ1) is 13.1. The van der Waals surface area contributed by atoms with E-state index in [4.69, 9.17) is 5.73 Å². The van der Waals surface area contributed by atoms with Gasteiger partial charge in [0, 0.05) is 18.2 Å². The predicted molar refractivity (Wildman–Crippen MR) is 74.6 cm³/mol. The molecule has 1 aromatic rings. The van der Waals surface area contributed by atoms with Gasteiger partial charge >= 0.3 is 0 Å². The summed E-state index contributed by atoms with van der Waals surface area (Å²) in [5.41, 5.74) is 9.50. The van der Waals surface area contributed by atoms with Crippen molar-refractivity contribution >= 4 is 11.6 Å². The second-order valence-electron chi connectivity index (χ2n) is 5.07. The van der Waals surface area contributed by atoms with Crippen molar-refractivity contribution in [3.05, 3.63) is 29.3 Å². The summed E-state index contributed by atoms with van der Waals surface area (Å²) in [6.45, 7) is 2.00. The molecule has 0 aromatic heterocycles. The standard InChI is InChI=1S/C15H22N2O/c1-2-12(16)10-15(18)17-14-9-5-7-11-6-3-4-8-13(11)14/h5,7,9,12H,2-4,6,8,10,16H2,1H3,(H,17,18). The Bertz CT molecular complexity index is 429. The number of aryl methyl sites for hydroxylation is 1. The number of rotatable bonds is 4. The van der Waals surface area contributed by atoms with Crippen LogP contribution in [0.2, 0.25) is 0 Å². The van der Waals surface area contributed by atoms with Gasteiger partial charge in [0.1, 0.15) is 0 Å². The zero-order valence-electron chi connectivity index (χ0n) is 11.0. The zero-order chi connectivity index (χ0) is 13.0. The van der Waals surface area contributed by atoms with E-state index >= 15 is 0 Å². The Morgan fingerprint density at radius 3 is 2.94 bits per heavy atom. The number of nitrogens with two attached hydrogens (primary N) is 1. The summed E-state index contributed by atoms with van der Waals surface area (Å²) in [7, 11) is 0. The molecule has 1 aliphatic rings. The average Bonchev–Trinajstić information content (AvgIpc) is 2.39. The van der Waals surface area contributed by atoms with Gasteiger partial charge in [0.2, 0.25) is 5.91 Å². The van der Waals surface area contributed by atoms with Gasteiger partial charge in [0.25, 0.3) is 0 Å². The Balaban J connectivity index is 2.07. The van der Waals surface area contributed by atoms with E-state index in [-0.39, 0.29) is 11.9 Å². The fourth-order valence-corrected chi connectivity index (χ4v) is 2.48. The molecule has 0 radical (unpaired) electrons. The average molecular weight is 246 g/mol. The maximum atomic E-state index is 11.9. The third-order valence-electron chi connectivity index (χ3n) is 3.64. The Labute approximate surface area is 109 Å². The minimum atomic E-state index is -0.0375. The summed E-state index contributed by atoms with van der Waals surface area (Å²) >= 11 is 0. The second-order valence-corrected chi connectivity index (χ2v) is 5.07. The molecule has 3 heteroatoms. The van der Waals surface area contributed by atoms with Gasteiger partial charge in [-0.05, 0) is 49.3 Å². The zero-order valence-corrected chi connectivity index (χ0v) is 11.0. The van der Waals surface area contributed by atoms with Gasteiger partial charge in [-0.1, -0.05) is 19.1 Å². The Morgan fingerprint density at radius 2 is 2.17 bits per heavy atom. The lowest BCUT2D eigenvalue weighted by Crippen LogP contribution is -2.26. The molecule has 0 aliphatic heterocycles. The van der Waals surface area contributed by atoms with Crippen LogP contribution in [0.3, 0.4) is 0 Å². The first-order valence-corrected chi connectivity index (χ1v) is 6.87. The summed E-state index contributed by atoms with van der Waals surface area (Å²) < 4.78 is 0. The van der Waals surface area contributed by atoms with Crippen molar-refractivity contribution in [2.24, 2.45) is 5.73 Å². The normalized spacial score (nSPS) is 15.9. The van der Waals surface area contributed by atoms with Gasteiger partial charge in [0.15, 0.2) is 0 Å². The number of amides is 1. The highest BCUT2D eigenvalue weighted by Crippen LogP contribution is 2.27. The minimum absolute atomic E-state index is 0.0309. The van der Waals surface area contributed by atoms with Gasteiger partial charge < -0.3 is 11.1 Å². The summed E-state index contributed by atoms with van der Waals surface area (Å²) in [5.74, 6) is 0.0309. The van der Waals surface area contributed by atoms with E-state index in [1.807, 2.05) is 19.1 Å². The van der Waals surface area contributed by atoms with Crippen LogP contribution < -0.4 is 11.1 Å². The number of carbonyl (C=O) groups is 1. The smallest absolute Gasteiger partial charge is 0.225 e. The van der Waals surface area contributed by atoms with Gasteiger partial charge in [-0.3, -0.25) is 4.79 Å². The molecule has 1 aliphatic carbocycles. The fraction of sp³-hybridized carbons (Fsp3) is 0.533. The van der Waals surface area contributed by atoms with Gasteiger partial charge in [0.05, 0.1) is 0 Å². The Kier molecular flexibility index (Phi) is 4.37. The first-order chi connectivity index (χ1) is 8.70. The molecular weight excluding hydrogens is 224 g/mol. The number of anilines is 1. The molecule has 3 N–H and O–H groups in total. The van der Waals surface area contributed by atoms with E-state index in [9.17, 15) is 4.79 Å². The lowest BCUT2D eigenvalue weighted by Gasteiger charge is -2.20. The van der Waals surface area contributed by atoms with Crippen molar-refractivity contribution in [2.45, 2.75) is 51.5 Å². The highest BCUT2D eigenvalue weighted by Gasteiger charge is 2.15. The van der Waals surface area contributed by atoms with Gasteiger partial charge in [-0.25, -0.2) is 0 Å². The van der Waals surface area contributed by atoms with Crippen molar-refractivity contribution < 1.29 is 4.79 Å². The Hall–Kier alpha value is -1.35. The molecule has 0 fully saturated rings. The molecule has 0 heterocycles. The fourth-order valence-electron chi connectivity index (χ4n) is 2.48. The van der Waals surface area contributed by atoms with Gasteiger partial charge in [-0.15, -0.1) is 0 Å². The topological polar surface area (TPSA) is 55.1 Å². The van der Waals surface area contributed by atoms with Crippen LogP contribution in [0, 0.1) is 0 Å². The molecule has 1 unspecified atom stereocenters. The van der Waals surface area contributed by atoms with Crippen molar-refractivity contribution in [1.82, 2.24) is 0 Å². The van der Waals surface area contributed by atoms with Crippen LogP contribution in [0.15, 0.2) is 18.2 Å². The molecule has 3 nitrogen and oxygen atoms in total. The van der Waals surface area contributed by atoms with E-state index in [1.165, 1.54) is 24.0 Å². The van der Waals surface area contributed by atoms with Crippen molar-refractivity contribution in [3.8, 4) is 0 Å². The molecule has 1 amide bonds. The molecule has 0 bridgehead atoms. The third-order valence-corrected chi connectivity index (χ3v) is 3.64. The maximum absolute atomic E-state index is 11.9. The third kappa shape index (κ3) is 3.10. The molecule has 98 valence electrons. The summed E-state index contributed by atoms with van der Waals surface area (Å²) in [6.07, 6.45) is 5.92. The van der Waals surface area contributed by atoms with Crippen molar-refractivity contribution in [2.75, 3.05) is 5.32 Å². The number of hydrogen-bond acceptors (Lipinski definition) is 2. The van der Waals surface area contributed by atoms with Crippen LogP contribution in [0.5, 0.6) is 0 Å². The highest BCUT2D eigenvalue weighted by molar-refractivity contribution is 5.92. The largest absolute Gasteiger partial charge is 0.327 e. The maximum Gasteiger partial charge on any atom is 0.225 e. The molecule has 0 spiro atoms. The lowest BCUT2D eigenvalue weighted by molar-refractivity contribution is -0.116. The van der Waals surface area contributed by atoms with E-state index in [0.29, 0.717) is 6.42 Å². The van der Waals surface area contributed by atoms with E-state index < -0.39 is 0 Å². The van der Waals surface area contributed by atoms with Crippen molar-refractivity contribution in [1.29, 1.82) is 0 Å². The van der Waals surface area contributed by atoms with Crippen LogP contribution >= 0.6 is 0 Å². The SMILES string of the molecule is CCC(N)CC(=O)Nc1cccc2c1CCCC2. The van der Waals surface area contributed by atoms with Crippen LogP contribution in [0.1, 0.15) is 43.7 Å². The van der Waals surface area contributed by atoms with E-state index in [2.05, 4.69) is 11.4 Å². The second kappa shape index (κ2) is 6.01. The van der Waals surface area contributed by atoms with E-state index in [0.717, 1.165) is 24.9 Å². The van der Waals surface area contributed by atoms with E-state index in [1.54, 1.807) is 0 Å². The Morgan fingerprint density at radius 1 is 1.39 bits per heavy atom. The van der Waals surface area contributed by atoms with Crippen LogP contribution in [0.25, 0.3) is 0 Å². The monoisotopic (exact) mass is 246 g/mol. The molecule has 2 rings (SSSR count). The summed E-state index contributed by atoms with van der Waals surface area (Å²) in [4.78, 5) is 11.9. The molecule has 0 saturated carbocycles. The highest BCUT2D eigenvalue weighted by atomic mass is 16.1.